The summed E-state index contributed by atoms with van der Waals surface area (Å²) in [5.74, 6) is 0.265. The van der Waals surface area contributed by atoms with Gasteiger partial charge < -0.3 is 9.72 Å². The largest absolute Gasteiger partial charge is 0.476 e. The van der Waals surface area contributed by atoms with Crippen LogP contribution in [-0.2, 0) is 5.41 Å². The quantitative estimate of drug-likeness (QED) is 0.430. The zero-order valence-electron chi connectivity index (χ0n) is 19.1. The predicted octanol–water partition coefficient (Wildman–Crippen LogP) is 4.70. The number of benzene rings is 1. The van der Waals surface area contributed by atoms with Gasteiger partial charge in [0.1, 0.15) is 17.3 Å². The first-order chi connectivity index (χ1) is 15.8. The molecule has 10 heteroatoms. The lowest BCUT2D eigenvalue weighted by Crippen LogP contribution is -2.13. The van der Waals surface area contributed by atoms with E-state index in [-0.39, 0.29) is 28.4 Å². The van der Waals surface area contributed by atoms with Crippen LogP contribution < -0.4 is 10.3 Å². The summed E-state index contributed by atoms with van der Waals surface area (Å²) in [4.78, 5) is 15.8. The minimum absolute atomic E-state index is 0.0596. The van der Waals surface area contributed by atoms with E-state index in [1.54, 1.807) is 6.92 Å². The molecule has 3 aromatic heterocycles. The number of rotatable bonds is 5. The number of aromatic nitrogens is 5. The van der Waals surface area contributed by atoms with Gasteiger partial charge in [0.05, 0.1) is 18.0 Å². The third-order valence-corrected chi connectivity index (χ3v) is 5.15. The van der Waals surface area contributed by atoms with Crippen molar-refractivity contribution in [1.29, 1.82) is 5.26 Å². The molecule has 2 N–H and O–H groups in total. The maximum Gasteiger partial charge on any atom is 0.283 e. The molecule has 0 atom stereocenters. The van der Waals surface area contributed by atoms with Crippen LogP contribution in [-0.4, -0.2) is 31.4 Å². The molecule has 0 saturated carbocycles. The zero-order valence-corrected chi connectivity index (χ0v) is 19.1. The zero-order chi connectivity index (χ0) is 23.8. The molecule has 168 valence electrons. The molecule has 0 spiro atoms. The van der Waals surface area contributed by atoms with Gasteiger partial charge >= 0.3 is 0 Å². The average Bonchev–Trinajstić information content (AvgIpc) is 3.35. The highest BCUT2D eigenvalue weighted by Gasteiger charge is 2.25. The number of azo groups is 1. The first kappa shape index (κ1) is 22.0. The van der Waals surface area contributed by atoms with Crippen molar-refractivity contribution in [2.75, 3.05) is 6.61 Å². The summed E-state index contributed by atoms with van der Waals surface area (Å²) in [7, 11) is 0. The second kappa shape index (κ2) is 8.35. The van der Waals surface area contributed by atoms with Gasteiger partial charge in [0, 0.05) is 16.5 Å². The van der Waals surface area contributed by atoms with Crippen LogP contribution in [0.25, 0.3) is 16.9 Å². The first-order valence-corrected chi connectivity index (χ1v) is 10.5. The van der Waals surface area contributed by atoms with Crippen LogP contribution in [0.5, 0.6) is 5.88 Å². The van der Waals surface area contributed by atoms with E-state index in [0.717, 1.165) is 16.8 Å². The molecule has 0 bridgehead atoms. The Bertz CT molecular complexity index is 1450. The molecule has 4 aromatic rings. The Balaban J connectivity index is 1.88. The van der Waals surface area contributed by atoms with Gasteiger partial charge in [-0.1, -0.05) is 51.1 Å². The molecule has 0 aliphatic rings. The fraction of sp³-hybridized carbons (Fsp3) is 0.304. The monoisotopic (exact) mass is 444 g/mol. The summed E-state index contributed by atoms with van der Waals surface area (Å²) < 4.78 is 7.29. The highest BCUT2D eigenvalue weighted by Crippen LogP contribution is 2.33. The SMILES string of the molecule is CCOc1c(N=Nc2n[nH]c(C(C)(C)C)c2C#N)c(=O)[nH]c2c(C)c(-c3ccccc3)nn12. The number of aryl methyl sites for hydroxylation is 1. The third kappa shape index (κ3) is 3.89. The standard InChI is InChI=1S/C23H24N8O2/c1-6-33-22-17(26-28-19-15(12-24)18(27-29-19)23(3,4)5)21(32)25-20-13(2)16(30-31(20)22)14-10-8-7-9-11-14/h7-11H,6H2,1-5H3,(H,25,32)(H,27,29). The number of ether oxygens (including phenoxy) is 1. The lowest BCUT2D eigenvalue weighted by atomic mass is 9.90. The smallest absolute Gasteiger partial charge is 0.283 e. The molecule has 0 saturated heterocycles. The van der Waals surface area contributed by atoms with Gasteiger partial charge in [-0.25, -0.2) is 0 Å². The van der Waals surface area contributed by atoms with Gasteiger partial charge in [-0.2, -0.15) is 20.0 Å². The van der Waals surface area contributed by atoms with Crippen LogP contribution in [0, 0.1) is 18.3 Å². The molecule has 0 fully saturated rings. The van der Waals surface area contributed by atoms with Crippen LogP contribution in [0.1, 0.15) is 44.5 Å². The second-order valence-corrected chi connectivity index (χ2v) is 8.50. The molecule has 0 amide bonds. The van der Waals surface area contributed by atoms with Crippen molar-refractivity contribution in [3.05, 3.63) is 57.5 Å². The molecule has 0 radical (unpaired) electrons. The van der Waals surface area contributed by atoms with Crippen molar-refractivity contribution < 1.29 is 4.74 Å². The molecule has 4 rings (SSSR count). The number of nitrogens with one attached hydrogen (secondary N) is 2. The molecule has 0 aliphatic heterocycles. The fourth-order valence-electron chi connectivity index (χ4n) is 3.53. The molecule has 10 nitrogen and oxygen atoms in total. The number of hydrogen-bond acceptors (Lipinski definition) is 7. The molecule has 3 heterocycles. The number of nitriles is 1. The second-order valence-electron chi connectivity index (χ2n) is 8.50. The molecular weight excluding hydrogens is 420 g/mol. The summed E-state index contributed by atoms with van der Waals surface area (Å²) in [6.45, 7) is 9.85. The topological polar surface area (TPSA) is 137 Å². The lowest BCUT2D eigenvalue weighted by Gasteiger charge is -2.15. The normalized spacial score (nSPS) is 11.9. The van der Waals surface area contributed by atoms with E-state index in [1.165, 1.54) is 4.52 Å². The van der Waals surface area contributed by atoms with Crippen molar-refractivity contribution in [3.8, 4) is 23.2 Å². The maximum absolute atomic E-state index is 12.9. The van der Waals surface area contributed by atoms with Crippen molar-refractivity contribution in [2.45, 2.75) is 40.0 Å². The van der Waals surface area contributed by atoms with Gasteiger partial charge in [-0.05, 0) is 13.8 Å². The van der Waals surface area contributed by atoms with Crippen LogP contribution >= 0.6 is 0 Å². The first-order valence-electron chi connectivity index (χ1n) is 10.5. The average molecular weight is 444 g/mol. The van der Waals surface area contributed by atoms with Crippen LogP contribution in [0.4, 0.5) is 11.5 Å². The Morgan fingerprint density at radius 3 is 2.58 bits per heavy atom. The minimum atomic E-state index is -0.484. The Hall–Kier alpha value is -4.26. The van der Waals surface area contributed by atoms with Crippen LogP contribution in [0.3, 0.4) is 0 Å². The van der Waals surface area contributed by atoms with E-state index in [2.05, 4.69) is 36.6 Å². The molecular formula is C23H24N8O2. The van der Waals surface area contributed by atoms with Crippen molar-refractivity contribution in [3.63, 3.8) is 0 Å². The molecule has 0 unspecified atom stereocenters. The summed E-state index contributed by atoms with van der Waals surface area (Å²) in [6, 6.07) is 11.8. The summed E-state index contributed by atoms with van der Waals surface area (Å²) >= 11 is 0. The molecule has 0 aliphatic carbocycles. The summed E-state index contributed by atoms with van der Waals surface area (Å²) in [6.07, 6.45) is 0. The summed E-state index contributed by atoms with van der Waals surface area (Å²) in [5.41, 5.74) is 2.99. The Morgan fingerprint density at radius 2 is 1.94 bits per heavy atom. The van der Waals surface area contributed by atoms with Gasteiger partial charge in [0.2, 0.25) is 11.5 Å². The summed E-state index contributed by atoms with van der Waals surface area (Å²) in [5, 5.41) is 29.5. The third-order valence-electron chi connectivity index (χ3n) is 5.15. The highest BCUT2D eigenvalue weighted by molar-refractivity contribution is 5.71. The fourth-order valence-corrected chi connectivity index (χ4v) is 3.53. The number of aromatic amines is 2. The van der Waals surface area contributed by atoms with E-state index >= 15 is 0 Å². The number of nitrogens with zero attached hydrogens (tertiary/aromatic N) is 6. The molecule has 33 heavy (non-hydrogen) atoms. The predicted molar refractivity (Wildman–Crippen MR) is 123 cm³/mol. The van der Waals surface area contributed by atoms with E-state index in [9.17, 15) is 10.1 Å². The van der Waals surface area contributed by atoms with Gasteiger partial charge in [-0.3, -0.25) is 9.89 Å². The van der Waals surface area contributed by atoms with Crippen LogP contribution in [0.15, 0.2) is 45.4 Å². The van der Waals surface area contributed by atoms with Gasteiger partial charge in [-0.15, -0.1) is 10.2 Å². The molecule has 1 aromatic carbocycles. The lowest BCUT2D eigenvalue weighted by molar-refractivity contribution is 0.318. The van der Waals surface area contributed by atoms with E-state index in [4.69, 9.17) is 4.74 Å². The van der Waals surface area contributed by atoms with Crippen molar-refractivity contribution >= 4 is 17.2 Å². The van der Waals surface area contributed by atoms with Gasteiger partial charge in [0.25, 0.3) is 11.4 Å². The highest BCUT2D eigenvalue weighted by atomic mass is 16.5. The van der Waals surface area contributed by atoms with Crippen LogP contribution in [0.2, 0.25) is 0 Å². The Labute approximate surface area is 190 Å². The van der Waals surface area contributed by atoms with E-state index in [0.29, 0.717) is 17.9 Å². The van der Waals surface area contributed by atoms with E-state index in [1.807, 2.05) is 58.0 Å². The number of fused-ring (bicyclic) bond motifs is 1. The number of hydrogen-bond donors (Lipinski definition) is 2. The van der Waals surface area contributed by atoms with E-state index < -0.39 is 5.56 Å². The number of H-pyrrole nitrogens is 2. The van der Waals surface area contributed by atoms with Crippen molar-refractivity contribution in [1.82, 2.24) is 24.8 Å². The van der Waals surface area contributed by atoms with Crippen molar-refractivity contribution in [2.24, 2.45) is 10.2 Å². The Kier molecular flexibility index (Phi) is 5.55. The minimum Gasteiger partial charge on any atom is -0.476 e. The maximum atomic E-state index is 12.9. The Morgan fingerprint density at radius 1 is 1.21 bits per heavy atom. The van der Waals surface area contributed by atoms with Gasteiger partial charge in [0.15, 0.2) is 0 Å².